The van der Waals surface area contributed by atoms with E-state index in [1.165, 1.54) is 23.1 Å². The van der Waals surface area contributed by atoms with E-state index in [9.17, 15) is 13.2 Å². The van der Waals surface area contributed by atoms with Gasteiger partial charge in [-0.1, -0.05) is 11.6 Å². The first kappa shape index (κ1) is 15.1. The lowest BCUT2D eigenvalue weighted by Crippen LogP contribution is -2.43. The SMILES string of the molecule is Nc1cc(Cl)ccc1S(=O)(=O)CC(=O)N1CCOCC1. The van der Waals surface area contributed by atoms with Crippen LogP contribution in [-0.4, -0.2) is 51.3 Å². The third-order valence-corrected chi connectivity index (χ3v) is 4.89. The van der Waals surface area contributed by atoms with Crippen molar-refractivity contribution in [3.8, 4) is 0 Å². The van der Waals surface area contributed by atoms with Crippen molar-refractivity contribution < 1.29 is 17.9 Å². The molecule has 110 valence electrons. The number of rotatable bonds is 3. The Balaban J connectivity index is 2.16. The Morgan fingerprint density at radius 1 is 1.35 bits per heavy atom. The van der Waals surface area contributed by atoms with Gasteiger partial charge in [-0.25, -0.2) is 8.42 Å². The molecule has 1 aliphatic heterocycles. The molecular formula is C12H15ClN2O4S. The van der Waals surface area contributed by atoms with Gasteiger partial charge in [0, 0.05) is 18.1 Å². The molecule has 6 nitrogen and oxygen atoms in total. The van der Waals surface area contributed by atoms with E-state index in [1.807, 2.05) is 0 Å². The maximum Gasteiger partial charge on any atom is 0.238 e. The topological polar surface area (TPSA) is 89.7 Å². The van der Waals surface area contributed by atoms with E-state index in [2.05, 4.69) is 0 Å². The summed E-state index contributed by atoms with van der Waals surface area (Å²) >= 11 is 5.73. The van der Waals surface area contributed by atoms with Crippen LogP contribution in [0.2, 0.25) is 5.02 Å². The van der Waals surface area contributed by atoms with Crippen LogP contribution in [0.4, 0.5) is 5.69 Å². The van der Waals surface area contributed by atoms with E-state index in [0.717, 1.165) is 0 Å². The molecule has 0 unspecified atom stereocenters. The summed E-state index contributed by atoms with van der Waals surface area (Å²) < 4.78 is 29.5. The number of anilines is 1. The summed E-state index contributed by atoms with van der Waals surface area (Å²) in [5.41, 5.74) is 5.70. The van der Waals surface area contributed by atoms with Crippen LogP contribution in [0.1, 0.15) is 0 Å². The van der Waals surface area contributed by atoms with Gasteiger partial charge < -0.3 is 15.4 Å². The normalized spacial score (nSPS) is 16.1. The van der Waals surface area contributed by atoms with Crippen molar-refractivity contribution in [1.29, 1.82) is 0 Å². The number of nitrogens with zero attached hydrogens (tertiary/aromatic N) is 1. The second-order valence-corrected chi connectivity index (χ2v) is 6.83. The van der Waals surface area contributed by atoms with Gasteiger partial charge in [0.2, 0.25) is 5.91 Å². The molecular weight excluding hydrogens is 304 g/mol. The van der Waals surface area contributed by atoms with Crippen molar-refractivity contribution in [3.63, 3.8) is 0 Å². The number of halogens is 1. The number of ether oxygens (including phenoxy) is 1. The van der Waals surface area contributed by atoms with Crippen molar-refractivity contribution in [2.45, 2.75) is 4.90 Å². The number of benzene rings is 1. The highest BCUT2D eigenvalue weighted by atomic mass is 35.5. The minimum absolute atomic E-state index is 0.0484. The van der Waals surface area contributed by atoms with E-state index in [-0.39, 0.29) is 10.6 Å². The van der Waals surface area contributed by atoms with Gasteiger partial charge in [-0.15, -0.1) is 0 Å². The zero-order chi connectivity index (χ0) is 14.8. The third-order valence-electron chi connectivity index (χ3n) is 2.98. The molecule has 20 heavy (non-hydrogen) atoms. The number of hydrogen-bond donors (Lipinski definition) is 1. The summed E-state index contributed by atoms with van der Waals surface area (Å²) in [5.74, 6) is -1.04. The fourth-order valence-corrected chi connectivity index (χ4v) is 3.48. The van der Waals surface area contributed by atoms with Crippen molar-refractivity contribution in [2.75, 3.05) is 37.8 Å². The zero-order valence-corrected chi connectivity index (χ0v) is 12.3. The summed E-state index contributed by atoms with van der Waals surface area (Å²) in [6, 6.07) is 4.11. The van der Waals surface area contributed by atoms with E-state index in [4.69, 9.17) is 22.1 Å². The predicted molar refractivity (Wildman–Crippen MR) is 75.3 cm³/mol. The monoisotopic (exact) mass is 318 g/mol. The first-order chi connectivity index (χ1) is 9.40. The number of amides is 1. The van der Waals surface area contributed by atoms with Crippen LogP contribution in [0, 0.1) is 0 Å². The molecule has 1 amide bonds. The lowest BCUT2D eigenvalue weighted by molar-refractivity contribution is -0.132. The second kappa shape index (κ2) is 5.99. The average molecular weight is 319 g/mol. The molecule has 1 aromatic carbocycles. The van der Waals surface area contributed by atoms with Crippen LogP contribution in [0.3, 0.4) is 0 Å². The maximum atomic E-state index is 12.2. The van der Waals surface area contributed by atoms with Crippen molar-refractivity contribution >= 4 is 33.0 Å². The molecule has 8 heteroatoms. The maximum absolute atomic E-state index is 12.2. The molecule has 0 saturated carbocycles. The number of carbonyl (C=O) groups excluding carboxylic acids is 1. The molecule has 0 aromatic heterocycles. The summed E-state index contributed by atoms with van der Waals surface area (Å²) in [6.45, 7) is 1.67. The predicted octanol–water partition coefficient (Wildman–Crippen LogP) is 0.555. The second-order valence-electron chi connectivity index (χ2n) is 4.43. The van der Waals surface area contributed by atoms with Gasteiger partial charge in [0.1, 0.15) is 5.75 Å². The van der Waals surface area contributed by atoms with Crippen LogP contribution < -0.4 is 5.73 Å². The lowest BCUT2D eigenvalue weighted by atomic mass is 10.3. The molecule has 1 fully saturated rings. The molecule has 0 aliphatic carbocycles. The van der Waals surface area contributed by atoms with Crippen LogP contribution in [0.5, 0.6) is 0 Å². The van der Waals surface area contributed by atoms with Crippen LogP contribution in [0.25, 0.3) is 0 Å². The number of nitrogens with two attached hydrogens (primary N) is 1. The minimum atomic E-state index is -3.77. The molecule has 0 atom stereocenters. The molecule has 2 rings (SSSR count). The highest BCUT2D eigenvalue weighted by Gasteiger charge is 2.26. The Morgan fingerprint density at radius 3 is 2.60 bits per heavy atom. The number of hydrogen-bond acceptors (Lipinski definition) is 5. The van der Waals surface area contributed by atoms with Crippen LogP contribution >= 0.6 is 11.6 Å². The van der Waals surface area contributed by atoms with Crippen molar-refractivity contribution in [1.82, 2.24) is 4.90 Å². The molecule has 1 heterocycles. The van der Waals surface area contributed by atoms with Gasteiger partial charge >= 0.3 is 0 Å². The van der Waals surface area contributed by atoms with Gasteiger partial charge in [-0.2, -0.15) is 0 Å². The standard InChI is InChI=1S/C12H15ClN2O4S/c13-9-1-2-11(10(14)7-9)20(17,18)8-12(16)15-3-5-19-6-4-15/h1-2,7H,3-6,8,14H2. The Labute approximate surface area is 122 Å². The quantitative estimate of drug-likeness (QED) is 0.822. The fraction of sp³-hybridized carbons (Fsp3) is 0.417. The zero-order valence-electron chi connectivity index (χ0n) is 10.7. The first-order valence-electron chi connectivity index (χ1n) is 6.03. The average Bonchev–Trinajstić information content (AvgIpc) is 2.38. The van der Waals surface area contributed by atoms with Crippen LogP contribution in [-0.2, 0) is 19.4 Å². The highest BCUT2D eigenvalue weighted by Crippen LogP contribution is 2.23. The highest BCUT2D eigenvalue weighted by molar-refractivity contribution is 7.92. The van der Waals surface area contributed by atoms with Gasteiger partial charge in [-0.3, -0.25) is 4.79 Å². The summed E-state index contributed by atoms with van der Waals surface area (Å²) in [5, 5.41) is 0.348. The first-order valence-corrected chi connectivity index (χ1v) is 8.06. The molecule has 1 aliphatic rings. The molecule has 1 aromatic rings. The Bertz CT molecular complexity index is 612. The number of carbonyl (C=O) groups is 1. The van der Waals surface area contributed by atoms with Crippen molar-refractivity contribution in [2.24, 2.45) is 0 Å². The number of nitrogen functional groups attached to an aromatic ring is 1. The summed E-state index contributed by atoms with van der Waals surface area (Å²) in [4.78, 5) is 13.4. The number of morpholine rings is 1. The molecule has 0 spiro atoms. The minimum Gasteiger partial charge on any atom is -0.398 e. The Hall–Kier alpha value is -1.31. The van der Waals surface area contributed by atoms with E-state index in [0.29, 0.717) is 31.3 Å². The van der Waals surface area contributed by atoms with E-state index < -0.39 is 21.5 Å². The van der Waals surface area contributed by atoms with E-state index >= 15 is 0 Å². The van der Waals surface area contributed by atoms with Gasteiger partial charge in [0.05, 0.1) is 23.8 Å². The van der Waals surface area contributed by atoms with E-state index in [1.54, 1.807) is 0 Å². The molecule has 0 radical (unpaired) electrons. The number of sulfone groups is 1. The molecule has 1 saturated heterocycles. The lowest BCUT2D eigenvalue weighted by Gasteiger charge is -2.26. The largest absolute Gasteiger partial charge is 0.398 e. The van der Waals surface area contributed by atoms with Crippen LogP contribution in [0.15, 0.2) is 23.1 Å². The summed E-state index contributed by atoms with van der Waals surface area (Å²) in [7, 11) is -3.77. The molecule has 2 N–H and O–H groups in total. The van der Waals surface area contributed by atoms with Crippen molar-refractivity contribution in [3.05, 3.63) is 23.2 Å². The summed E-state index contributed by atoms with van der Waals surface area (Å²) in [6.07, 6.45) is 0. The fourth-order valence-electron chi connectivity index (χ4n) is 1.95. The smallest absolute Gasteiger partial charge is 0.238 e. The third kappa shape index (κ3) is 3.41. The molecule has 0 bridgehead atoms. The van der Waals surface area contributed by atoms with Gasteiger partial charge in [0.25, 0.3) is 0 Å². The Morgan fingerprint density at radius 2 is 2.00 bits per heavy atom. The van der Waals surface area contributed by atoms with Gasteiger partial charge in [0.15, 0.2) is 9.84 Å². The van der Waals surface area contributed by atoms with Gasteiger partial charge in [-0.05, 0) is 18.2 Å². The Kier molecular flexibility index (Phi) is 4.52.